The average molecular weight is 378 g/mol. The monoisotopic (exact) mass is 378 g/mol. The highest BCUT2D eigenvalue weighted by atomic mass is 19.1. The summed E-state index contributed by atoms with van der Waals surface area (Å²) < 4.78 is 24.0. The van der Waals surface area contributed by atoms with E-state index in [1.165, 1.54) is 19.2 Å². The van der Waals surface area contributed by atoms with Gasteiger partial charge in [0.15, 0.2) is 11.6 Å². The molecule has 2 amide bonds. The van der Waals surface area contributed by atoms with Crippen molar-refractivity contribution in [1.82, 2.24) is 9.80 Å². The first-order valence-electron chi connectivity index (χ1n) is 9.43. The van der Waals surface area contributed by atoms with E-state index >= 15 is 0 Å². The first-order chi connectivity index (χ1) is 13.0. The Bertz CT molecular complexity index is 711. The van der Waals surface area contributed by atoms with Crippen molar-refractivity contribution >= 4 is 11.8 Å². The van der Waals surface area contributed by atoms with Crippen LogP contribution >= 0.6 is 0 Å². The molecule has 2 fully saturated rings. The Morgan fingerprint density at radius 2 is 1.96 bits per heavy atom. The van der Waals surface area contributed by atoms with E-state index in [-0.39, 0.29) is 24.0 Å². The lowest BCUT2D eigenvalue weighted by atomic mass is 9.85. The number of hydrogen-bond acceptors (Lipinski definition) is 4. The van der Waals surface area contributed by atoms with Crippen LogP contribution in [0, 0.1) is 5.82 Å². The number of rotatable bonds is 6. The zero-order valence-corrected chi connectivity index (χ0v) is 16.0. The minimum atomic E-state index is -0.742. The number of carbonyl (C=O) groups is 2. The molecule has 0 aliphatic carbocycles. The van der Waals surface area contributed by atoms with E-state index in [1.807, 2.05) is 4.90 Å². The molecule has 2 aliphatic heterocycles. The lowest BCUT2D eigenvalue weighted by Crippen LogP contribution is -2.61. The molecule has 1 spiro atoms. The van der Waals surface area contributed by atoms with Gasteiger partial charge in [0, 0.05) is 26.7 Å². The summed E-state index contributed by atoms with van der Waals surface area (Å²) in [6.07, 6.45) is 3.15. The molecule has 0 N–H and O–H groups in total. The van der Waals surface area contributed by atoms with Gasteiger partial charge in [-0.05, 0) is 43.4 Å². The van der Waals surface area contributed by atoms with Crippen LogP contribution in [0.25, 0.3) is 0 Å². The van der Waals surface area contributed by atoms with Crippen molar-refractivity contribution in [2.75, 3.05) is 40.5 Å². The van der Waals surface area contributed by atoms with Gasteiger partial charge in [-0.1, -0.05) is 6.07 Å². The third-order valence-electron chi connectivity index (χ3n) is 5.63. The Morgan fingerprint density at radius 3 is 2.63 bits per heavy atom. The van der Waals surface area contributed by atoms with Gasteiger partial charge in [-0.3, -0.25) is 9.59 Å². The molecule has 1 aromatic carbocycles. The number of benzene rings is 1. The molecule has 1 aromatic rings. The first kappa shape index (κ1) is 19.6. The second kappa shape index (κ2) is 8.25. The highest BCUT2D eigenvalue weighted by Crippen LogP contribution is 2.38. The van der Waals surface area contributed by atoms with Gasteiger partial charge in [-0.2, -0.15) is 0 Å². The summed E-state index contributed by atoms with van der Waals surface area (Å²) in [6, 6.07) is 4.54. The summed E-state index contributed by atoms with van der Waals surface area (Å²) in [4.78, 5) is 29.7. The highest BCUT2D eigenvalue weighted by molar-refractivity contribution is 5.93. The van der Waals surface area contributed by atoms with Crippen molar-refractivity contribution in [3.05, 3.63) is 29.6 Å². The van der Waals surface area contributed by atoms with Gasteiger partial charge in [0.2, 0.25) is 11.8 Å². The number of amides is 2. The second-order valence-corrected chi connectivity index (χ2v) is 7.21. The van der Waals surface area contributed by atoms with Crippen LogP contribution in [0.2, 0.25) is 0 Å². The van der Waals surface area contributed by atoms with Crippen molar-refractivity contribution in [2.24, 2.45) is 0 Å². The van der Waals surface area contributed by atoms with E-state index < -0.39 is 11.4 Å². The van der Waals surface area contributed by atoms with Crippen LogP contribution in [-0.4, -0.2) is 67.6 Å². The number of nitrogens with zero attached hydrogens (tertiary/aromatic N) is 2. The van der Waals surface area contributed by atoms with Gasteiger partial charge in [-0.15, -0.1) is 0 Å². The largest absolute Gasteiger partial charge is 0.494 e. The number of hydrogen-bond donors (Lipinski definition) is 0. The van der Waals surface area contributed by atoms with Crippen LogP contribution in [0.3, 0.4) is 0 Å². The molecule has 2 heterocycles. The Balaban J connectivity index is 1.75. The molecule has 2 saturated heterocycles. The van der Waals surface area contributed by atoms with Gasteiger partial charge >= 0.3 is 0 Å². The van der Waals surface area contributed by atoms with E-state index in [0.717, 1.165) is 12.8 Å². The molecule has 27 heavy (non-hydrogen) atoms. The summed E-state index contributed by atoms with van der Waals surface area (Å²) in [5.74, 6) is -0.435. The molecule has 0 aromatic heterocycles. The fourth-order valence-corrected chi connectivity index (χ4v) is 4.29. The lowest BCUT2D eigenvalue weighted by Gasteiger charge is -2.44. The molecule has 2 aliphatic rings. The predicted octanol–water partition coefficient (Wildman–Crippen LogP) is 2.01. The molecule has 0 bridgehead atoms. The molecule has 0 radical (unpaired) electrons. The van der Waals surface area contributed by atoms with Crippen molar-refractivity contribution in [2.45, 2.75) is 37.6 Å². The van der Waals surface area contributed by atoms with Crippen molar-refractivity contribution < 1.29 is 23.5 Å². The number of halogens is 1. The highest BCUT2D eigenvalue weighted by Gasteiger charge is 2.52. The number of piperidine rings is 1. The fraction of sp³-hybridized carbons (Fsp3) is 0.600. The molecular formula is C20H27FN2O4. The maximum absolute atomic E-state index is 13.9. The van der Waals surface area contributed by atoms with Gasteiger partial charge in [0.05, 0.1) is 20.1 Å². The third kappa shape index (κ3) is 3.78. The summed E-state index contributed by atoms with van der Waals surface area (Å²) >= 11 is 0. The van der Waals surface area contributed by atoms with Crippen LogP contribution in [0.5, 0.6) is 5.75 Å². The zero-order chi connectivity index (χ0) is 19.4. The second-order valence-electron chi connectivity index (χ2n) is 7.21. The molecule has 1 atom stereocenters. The van der Waals surface area contributed by atoms with Crippen molar-refractivity contribution in [3.8, 4) is 5.75 Å². The van der Waals surface area contributed by atoms with Gasteiger partial charge in [0.1, 0.15) is 5.54 Å². The van der Waals surface area contributed by atoms with Crippen LogP contribution in [0.4, 0.5) is 4.39 Å². The number of methoxy groups -OCH3 is 2. The van der Waals surface area contributed by atoms with Gasteiger partial charge in [-0.25, -0.2) is 4.39 Å². The van der Waals surface area contributed by atoms with Crippen molar-refractivity contribution in [3.63, 3.8) is 0 Å². The number of ether oxygens (including phenoxy) is 2. The standard InChI is InChI=1S/C20H27FN2O4/c1-26-12-11-22-9-3-7-20(19(22)25)8-4-10-23(20)18(24)14-15-5-6-17(27-2)16(21)13-15/h5-6,13H,3-4,7-12,14H2,1-2H3. The summed E-state index contributed by atoms with van der Waals surface area (Å²) in [6.45, 7) is 2.31. The van der Waals surface area contributed by atoms with E-state index in [9.17, 15) is 14.0 Å². The molecule has 0 saturated carbocycles. The Kier molecular flexibility index (Phi) is 5.99. The van der Waals surface area contributed by atoms with Crippen LogP contribution < -0.4 is 4.74 Å². The first-order valence-corrected chi connectivity index (χ1v) is 9.43. The average Bonchev–Trinajstić information content (AvgIpc) is 3.08. The summed E-state index contributed by atoms with van der Waals surface area (Å²) in [5, 5.41) is 0. The Labute approximate surface area is 159 Å². The van der Waals surface area contributed by atoms with Gasteiger partial charge in [0.25, 0.3) is 0 Å². The predicted molar refractivity (Wildman–Crippen MR) is 98.0 cm³/mol. The maximum atomic E-state index is 13.9. The molecule has 6 nitrogen and oxygen atoms in total. The molecule has 3 rings (SSSR count). The fourth-order valence-electron chi connectivity index (χ4n) is 4.29. The molecule has 7 heteroatoms. The van der Waals surface area contributed by atoms with Crippen LogP contribution in [0.15, 0.2) is 18.2 Å². The smallest absolute Gasteiger partial charge is 0.248 e. The van der Waals surface area contributed by atoms with E-state index in [2.05, 4.69) is 0 Å². The minimum Gasteiger partial charge on any atom is -0.494 e. The summed E-state index contributed by atoms with van der Waals surface area (Å²) in [7, 11) is 3.02. The molecule has 1 unspecified atom stereocenters. The van der Waals surface area contributed by atoms with Crippen LogP contribution in [0.1, 0.15) is 31.2 Å². The number of likely N-dealkylation sites (tertiary alicyclic amines) is 2. The van der Waals surface area contributed by atoms with E-state index in [4.69, 9.17) is 9.47 Å². The number of carbonyl (C=O) groups excluding carboxylic acids is 2. The maximum Gasteiger partial charge on any atom is 0.248 e. The van der Waals surface area contributed by atoms with E-state index in [0.29, 0.717) is 44.6 Å². The quantitative estimate of drug-likeness (QED) is 0.760. The molecule has 148 valence electrons. The summed E-state index contributed by atoms with van der Waals surface area (Å²) in [5.41, 5.74) is -0.159. The van der Waals surface area contributed by atoms with Crippen molar-refractivity contribution in [1.29, 1.82) is 0 Å². The molecular weight excluding hydrogens is 351 g/mol. The zero-order valence-electron chi connectivity index (χ0n) is 16.0. The Hall–Kier alpha value is -2.15. The SMILES string of the molecule is COCCN1CCCC2(CCCN2C(=O)Cc2ccc(OC)c(F)c2)C1=O. The lowest BCUT2D eigenvalue weighted by molar-refractivity contribution is -0.155. The van der Waals surface area contributed by atoms with Gasteiger partial charge < -0.3 is 19.3 Å². The van der Waals surface area contributed by atoms with Crippen LogP contribution in [-0.2, 0) is 20.7 Å². The minimum absolute atomic E-state index is 0.0255. The normalized spacial score (nSPS) is 22.6. The third-order valence-corrected chi connectivity index (χ3v) is 5.63. The topological polar surface area (TPSA) is 59.1 Å². The van der Waals surface area contributed by atoms with E-state index in [1.54, 1.807) is 18.1 Å². The Morgan fingerprint density at radius 1 is 1.22 bits per heavy atom.